The number of hydrogen-bond donors (Lipinski definition) is 2. The summed E-state index contributed by atoms with van der Waals surface area (Å²) in [6, 6.07) is 5.12. The van der Waals surface area contributed by atoms with Crippen LogP contribution in [0.25, 0.3) is 0 Å². The quantitative estimate of drug-likeness (QED) is 0.668. The van der Waals surface area contributed by atoms with Crippen molar-refractivity contribution in [1.29, 1.82) is 0 Å². The van der Waals surface area contributed by atoms with Gasteiger partial charge >= 0.3 is 0 Å². The lowest BCUT2D eigenvalue weighted by atomic mass is 10.1. The number of nitrogens with one attached hydrogen (secondary N) is 1. The summed E-state index contributed by atoms with van der Waals surface area (Å²) < 4.78 is 5.34. The number of hydrogen-bond acceptors (Lipinski definition) is 4. The summed E-state index contributed by atoms with van der Waals surface area (Å²) in [7, 11) is 1.57. The van der Waals surface area contributed by atoms with Crippen molar-refractivity contribution in [1.82, 2.24) is 5.48 Å². The molecule has 4 heteroatoms. The molecule has 1 aromatic rings. The molecular formula is C9H11NO3. The highest BCUT2D eigenvalue weighted by Crippen LogP contribution is 2.34. The van der Waals surface area contributed by atoms with E-state index in [1.54, 1.807) is 19.2 Å². The van der Waals surface area contributed by atoms with E-state index in [4.69, 9.17) is 9.57 Å². The Hall–Kier alpha value is -1.26. The molecule has 0 saturated carbocycles. The van der Waals surface area contributed by atoms with Crippen LogP contribution in [0.1, 0.15) is 11.6 Å². The summed E-state index contributed by atoms with van der Waals surface area (Å²) in [5.41, 5.74) is 3.83. The van der Waals surface area contributed by atoms with Gasteiger partial charge in [-0.2, -0.15) is 5.48 Å². The molecule has 0 amide bonds. The highest BCUT2D eigenvalue weighted by atomic mass is 16.6. The molecule has 1 atom stereocenters. The van der Waals surface area contributed by atoms with Crippen LogP contribution in [0.5, 0.6) is 11.5 Å². The molecular weight excluding hydrogens is 170 g/mol. The highest BCUT2D eigenvalue weighted by Gasteiger charge is 2.23. The van der Waals surface area contributed by atoms with Crippen LogP contribution in [0.2, 0.25) is 0 Å². The standard InChI is InChI=1S/C9H11NO3/c1-12-10-8-5-13-9-4-6(11)2-3-7(8)9/h2-4,8,10-11H,5H2,1H3. The smallest absolute Gasteiger partial charge is 0.128 e. The summed E-state index contributed by atoms with van der Waals surface area (Å²) >= 11 is 0. The summed E-state index contributed by atoms with van der Waals surface area (Å²) in [6.07, 6.45) is 0. The molecule has 1 aliphatic rings. The van der Waals surface area contributed by atoms with Gasteiger partial charge in [0, 0.05) is 11.6 Å². The summed E-state index contributed by atoms with van der Waals surface area (Å²) in [6.45, 7) is 0.534. The summed E-state index contributed by atoms with van der Waals surface area (Å²) in [4.78, 5) is 4.82. The Morgan fingerprint density at radius 2 is 2.46 bits per heavy atom. The zero-order valence-electron chi connectivity index (χ0n) is 7.28. The average Bonchev–Trinajstić information content (AvgIpc) is 2.49. The Balaban J connectivity index is 2.27. The van der Waals surface area contributed by atoms with Crippen LogP contribution in [0.4, 0.5) is 0 Å². The van der Waals surface area contributed by atoms with Crippen molar-refractivity contribution in [3.8, 4) is 11.5 Å². The van der Waals surface area contributed by atoms with Crippen molar-refractivity contribution in [2.75, 3.05) is 13.7 Å². The lowest BCUT2D eigenvalue weighted by Crippen LogP contribution is -2.20. The molecule has 1 aromatic carbocycles. The predicted molar refractivity (Wildman–Crippen MR) is 46.5 cm³/mol. The third-order valence-corrected chi connectivity index (χ3v) is 2.04. The van der Waals surface area contributed by atoms with Gasteiger partial charge in [0.25, 0.3) is 0 Å². The second-order valence-electron chi connectivity index (χ2n) is 2.91. The van der Waals surface area contributed by atoms with Crippen molar-refractivity contribution in [3.05, 3.63) is 23.8 Å². The molecule has 1 heterocycles. The predicted octanol–water partition coefficient (Wildman–Crippen LogP) is 0.977. The van der Waals surface area contributed by atoms with E-state index in [0.29, 0.717) is 6.61 Å². The van der Waals surface area contributed by atoms with E-state index in [1.807, 2.05) is 6.07 Å². The van der Waals surface area contributed by atoms with Crippen LogP contribution >= 0.6 is 0 Å². The molecule has 2 N–H and O–H groups in total. The first kappa shape index (κ1) is 8.34. The number of aromatic hydroxyl groups is 1. The Morgan fingerprint density at radius 1 is 1.62 bits per heavy atom. The SMILES string of the molecule is CONC1COc2cc(O)ccc21. The molecule has 1 unspecified atom stereocenters. The Bertz CT molecular complexity index is 314. The number of ether oxygens (including phenoxy) is 1. The number of fused-ring (bicyclic) bond motifs is 1. The molecule has 4 nitrogen and oxygen atoms in total. The molecule has 0 aliphatic carbocycles. The fraction of sp³-hybridized carbons (Fsp3) is 0.333. The normalized spacial score (nSPS) is 19.6. The minimum absolute atomic E-state index is 0.0561. The monoisotopic (exact) mass is 181 g/mol. The fourth-order valence-corrected chi connectivity index (χ4v) is 1.44. The van der Waals surface area contributed by atoms with Gasteiger partial charge in [-0.25, -0.2) is 0 Å². The second-order valence-corrected chi connectivity index (χ2v) is 2.91. The van der Waals surface area contributed by atoms with Gasteiger partial charge in [-0.05, 0) is 12.1 Å². The van der Waals surface area contributed by atoms with Gasteiger partial charge in [0.05, 0.1) is 13.2 Å². The molecule has 13 heavy (non-hydrogen) atoms. The number of phenolic OH excluding ortho intramolecular Hbond substituents is 1. The molecule has 0 saturated heterocycles. The number of benzene rings is 1. The Morgan fingerprint density at radius 3 is 3.23 bits per heavy atom. The van der Waals surface area contributed by atoms with Crippen LogP contribution in [0.15, 0.2) is 18.2 Å². The van der Waals surface area contributed by atoms with Gasteiger partial charge in [0.15, 0.2) is 0 Å². The van der Waals surface area contributed by atoms with E-state index in [9.17, 15) is 5.11 Å². The van der Waals surface area contributed by atoms with E-state index < -0.39 is 0 Å². The van der Waals surface area contributed by atoms with E-state index in [1.165, 1.54) is 0 Å². The largest absolute Gasteiger partial charge is 0.508 e. The Kier molecular flexibility index (Phi) is 2.08. The summed E-state index contributed by atoms with van der Waals surface area (Å²) in [5.74, 6) is 0.936. The molecule has 0 radical (unpaired) electrons. The zero-order chi connectivity index (χ0) is 9.26. The lowest BCUT2D eigenvalue weighted by molar-refractivity contribution is 0.0536. The van der Waals surface area contributed by atoms with Crippen LogP contribution in [-0.4, -0.2) is 18.8 Å². The second kappa shape index (κ2) is 3.24. The van der Waals surface area contributed by atoms with Crippen LogP contribution in [0, 0.1) is 0 Å². The molecule has 0 fully saturated rings. The van der Waals surface area contributed by atoms with E-state index in [0.717, 1.165) is 11.3 Å². The maximum Gasteiger partial charge on any atom is 0.128 e. The van der Waals surface area contributed by atoms with Crippen molar-refractivity contribution in [3.63, 3.8) is 0 Å². The molecule has 1 aliphatic heterocycles. The maximum atomic E-state index is 9.18. The van der Waals surface area contributed by atoms with Gasteiger partial charge in [0.2, 0.25) is 0 Å². The minimum Gasteiger partial charge on any atom is -0.508 e. The van der Waals surface area contributed by atoms with Gasteiger partial charge in [-0.15, -0.1) is 0 Å². The van der Waals surface area contributed by atoms with Gasteiger partial charge in [-0.1, -0.05) is 0 Å². The van der Waals surface area contributed by atoms with Gasteiger partial charge < -0.3 is 14.7 Å². The number of rotatable bonds is 2. The van der Waals surface area contributed by atoms with Crippen LogP contribution < -0.4 is 10.2 Å². The average molecular weight is 181 g/mol. The number of hydroxylamine groups is 1. The molecule has 0 spiro atoms. The van der Waals surface area contributed by atoms with Crippen molar-refractivity contribution in [2.45, 2.75) is 6.04 Å². The Labute approximate surface area is 76.0 Å². The van der Waals surface area contributed by atoms with Crippen molar-refractivity contribution < 1.29 is 14.7 Å². The van der Waals surface area contributed by atoms with Gasteiger partial charge in [0.1, 0.15) is 18.1 Å². The zero-order valence-corrected chi connectivity index (χ0v) is 7.28. The van der Waals surface area contributed by atoms with E-state index in [-0.39, 0.29) is 11.8 Å². The van der Waals surface area contributed by atoms with Crippen LogP contribution in [-0.2, 0) is 4.84 Å². The number of phenols is 1. The lowest BCUT2D eigenvalue weighted by Gasteiger charge is -2.07. The van der Waals surface area contributed by atoms with E-state index >= 15 is 0 Å². The first-order valence-corrected chi connectivity index (χ1v) is 4.05. The topological polar surface area (TPSA) is 50.7 Å². The van der Waals surface area contributed by atoms with Crippen molar-refractivity contribution in [2.24, 2.45) is 0 Å². The first-order valence-electron chi connectivity index (χ1n) is 4.05. The molecule has 2 rings (SSSR count). The van der Waals surface area contributed by atoms with Gasteiger partial charge in [-0.3, -0.25) is 0 Å². The van der Waals surface area contributed by atoms with Crippen LogP contribution in [0.3, 0.4) is 0 Å². The fourth-order valence-electron chi connectivity index (χ4n) is 1.44. The minimum atomic E-state index is 0.0561. The third-order valence-electron chi connectivity index (χ3n) is 2.04. The maximum absolute atomic E-state index is 9.18. The first-order chi connectivity index (χ1) is 6.31. The molecule has 70 valence electrons. The summed E-state index contributed by atoms with van der Waals surface area (Å²) in [5, 5.41) is 9.18. The molecule has 0 aromatic heterocycles. The highest BCUT2D eigenvalue weighted by molar-refractivity contribution is 5.44. The molecule has 0 bridgehead atoms. The van der Waals surface area contributed by atoms with E-state index in [2.05, 4.69) is 5.48 Å². The van der Waals surface area contributed by atoms with Crippen molar-refractivity contribution >= 4 is 0 Å². The third kappa shape index (κ3) is 1.46.